The van der Waals surface area contributed by atoms with Crippen molar-refractivity contribution in [2.45, 2.75) is 58.3 Å². The molecule has 0 unspecified atom stereocenters. The minimum absolute atomic E-state index is 0.0209. The molecule has 0 saturated heterocycles. The highest BCUT2D eigenvalue weighted by molar-refractivity contribution is 6.74. The van der Waals surface area contributed by atoms with E-state index >= 15 is 0 Å². The van der Waals surface area contributed by atoms with Crippen LogP contribution in [0.5, 0.6) is 28.7 Å². The van der Waals surface area contributed by atoms with Gasteiger partial charge in [0, 0.05) is 36.4 Å². The summed E-state index contributed by atoms with van der Waals surface area (Å²) in [6.07, 6.45) is 0.599. The number of esters is 1. The molecule has 0 spiro atoms. The molecular formula is C29H41NO8Si. The number of carbonyl (C=O) groups excluding carboxylic acids is 1. The third kappa shape index (κ3) is 5.49. The van der Waals surface area contributed by atoms with Crippen LogP contribution in [0.15, 0.2) is 24.3 Å². The molecule has 2 atom stereocenters. The van der Waals surface area contributed by atoms with Gasteiger partial charge in [-0.05, 0) is 43.1 Å². The second-order valence-electron chi connectivity index (χ2n) is 11.3. The Labute approximate surface area is 232 Å². The Morgan fingerprint density at radius 3 is 2.15 bits per heavy atom. The molecule has 0 aliphatic carbocycles. The summed E-state index contributed by atoms with van der Waals surface area (Å²) in [6, 6.07) is 6.76. The maximum absolute atomic E-state index is 13.8. The second kappa shape index (κ2) is 11.2. The number of anilines is 2. The van der Waals surface area contributed by atoms with Crippen molar-refractivity contribution in [1.82, 2.24) is 0 Å². The summed E-state index contributed by atoms with van der Waals surface area (Å²) in [5.41, 5.74) is 2.39. The van der Waals surface area contributed by atoms with Gasteiger partial charge in [0.25, 0.3) is 0 Å². The lowest BCUT2D eigenvalue weighted by molar-refractivity contribution is -0.146. The molecule has 2 aromatic carbocycles. The Morgan fingerprint density at radius 1 is 1.00 bits per heavy atom. The lowest BCUT2D eigenvalue weighted by Gasteiger charge is -2.44. The summed E-state index contributed by atoms with van der Waals surface area (Å²) >= 11 is 0. The fourth-order valence-electron chi connectivity index (χ4n) is 4.81. The first-order valence-corrected chi connectivity index (χ1v) is 16.2. The Hall–Kier alpha value is -3.11. The molecule has 214 valence electrons. The molecule has 0 bridgehead atoms. The number of hydrogen-bond acceptors (Lipinski definition) is 9. The standard InChI is InChI=1S/C29H41NO8Si/c1-10-35-28(31)26-19(16-38-39(8,9)29(2,3)4)11-18-12-22-23(37-17-36-22)15-21(18)30(26)27-24(33-6)13-20(32-5)14-25(27)34-7/h12-15,19,26H,10-11,16-17H2,1-9H3/t19-,26+/m0/s1. The van der Waals surface area contributed by atoms with Gasteiger partial charge in [0.05, 0.1) is 27.9 Å². The molecule has 9 nitrogen and oxygen atoms in total. The van der Waals surface area contributed by atoms with E-state index in [4.69, 9.17) is 32.8 Å². The Balaban J connectivity index is 1.93. The van der Waals surface area contributed by atoms with Gasteiger partial charge in [-0.2, -0.15) is 0 Å². The van der Waals surface area contributed by atoms with E-state index in [2.05, 4.69) is 33.9 Å². The lowest BCUT2D eigenvalue weighted by atomic mass is 9.85. The maximum Gasteiger partial charge on any atom is 0.329 e. The summed E-state index contributed by atoms with van der Waals surface area (Å²) in [4.78, 5) is 15.8. The van der Waals surface area contributed by atoms with Gasteiger partial charge in [0.1, 0.15) is 29.0 Å². The van der Waals surface area contributed by atoms with Gasteiger partial charge < -0.3 is 37.7 Å². The summed E-state index contributed by atoms with van der Waals surface area (Å²) < 4.78 is 41.0. The SMILES string of the molecule is CCOC(=O)[C@H]1[C@H](CO[Si](C)(C)C(C)(C)C)Cc2cc3c(cc2N1c1c(OC)cc(OC)cc1OC)OCO3. The van der Waals surface area contributed by atoms with Crippen molar-refractivity contribution in [1.29, 1.82) is 0 Å². The monoisotopic (exact) mass is 559 g/mol. The quantitative estimate of drug-likeness (QED) is 0.283. The zero-order valence-electron chi connectivity index (χ0n) is 24.5. The van der Waals surface area contributed by atoms with Gasteiger partial charge in [0.2, 0.25) is 6.79 Å². The van der Waals surface area contributed by atoms with Gasteiger partial charge in [-0.15, -0.1) is 0 Å². The van der Waals surface area contributed by atoms with Crippen LogP contribution in [0, 0.1) is 5.92 Å². The van der Waals surface area contributed by atoms with Crippen molar-refractivity contribution in [2.75, 3.05) is 46.2 Å². The number of rotatable bonds is 9. The third-order valence-electron chi connectivity index (χ3n) is 7.96. The van der Waals surface area contributed by atoms with Crippen LogP contribution < -0.4 is 28.6 Å². The van der Waals surface area contributed by atoms with Gasteiger partial charge in [0.15, 0.2) is 19.8 Å². The molecule has 2 aliphatic rings. The number of ether oxygens (including phenoxy) is 6. The average Bonchev–Trinajstić information content (AvgIpc) is 3.35. The largest absolute Gasteiger partial charge is 0.496 e. The fraction of sp³-hybridized carbons (Fsp3) is 0.552. The van der Waals surface area contributed by atoms with Gasteiger partial charge in [-0.25, -0.2) is 4.79 Å². The first kappa shape index (κ1) is 28.9. The molecular weight excluding hydrogens is 518 g/mol. The van der Waals surface area contributed by atoms with Crippen LogP contribution in [-0.2, 0) is 20.4 Å². The molecule has 0 radical (unpaired) electrons. The van der Waals surface area contributed by atoms with Crippen molar-refractivity contribution in [2.24, 2.45) is 5.92 Å². The van der Waals surface area contributed by atoms with Crippen LogP contribution in [0.2, 0.25) is 18.1 Å². The highest BCUT2D eigenvalue weighted by Gasteiger charge is 2.46. The van der Waals surface area contributed by atoms with Crippen molar-refractivity contribution in [3.63, 3.8) is 0 Å². The fourth-order valence-corrected chi connectivity index (χ4v) is 5.87. The van der Waals surface area contributed by atoms with Crippen LogP contribution in [0.3, 0.4) is 0 Å². The Morgan fingerprint density at radius 2 is 1.62 bits per heavy atom. The van der Waals surface area contributed by atoms with E-state index in [1.807, 2.05) is 24.0 Å². The smallest absolute Gasteiger partial charge is 0.329 e. The third-order valence-corrected chi connectivity index (χ3v) is 12.5. The molecule has 0 aromatic heterocycles. The first-order valence-electron chi connectivity index (χ1n) is 13.3. The number of hydrogen-bond donors (Lipinski definition) is 0. The molecule has 39 heavy (non-hydrogen) atoms. The highest BCUT2D eigenvalue weighted by atomic mass is 28.4. The normalized spacial score (nSPS) is 18.4. The molecule has 2 heterocycles. The van der Waals surface area contributed by atoms with E-state index in [0.717, 1.165) is 11.3 Å². The van der Waals surface area contributed by atoms with Crippen molar-refractivity contribution < 1.29 is 37.6 Å². The second-order valence-corrected chi connectivity index (χ2v) is 16.1. The van der Waals surface area contributed by atoms with E-state index in [-0.39, 0.29) is 30.3 Å². The maximum atomic E-state index is 13.8. The molecule has 0 saturated carbocycles. The van der Waals surface area contributed by atoms with Gasteiger partial charge >= 0.3 is 5.97 Å². The Kier molecular flexibility index (Phi) is 8.27. The lowest BCUT2D eigenvalue weighted by Crippen LogP contribution is -2.52. The summed E-state index contributed by atoms with van der Waals surface area (Å²) in [5, 5.41) is 0.0209. The molecule has 0 fully saturated rings. The van der Waals surface area contributed by atoms with E-state index in [1.165, 1.54) is 0 Å². The summed E-state index contributed by atoms with van der Waals surface area (Å²) in [7, 11) is 2.64. The van der Waals surface area contributed by atoms with Crippen LogP contribution in [0.1, 0.15) is 33.3 Å². The molecule has 2 aliphatic heterocycles. The van der Waals surface area contributed by atoms with Crippen molar-refractivity contribution >= 4 is 25.7 Å². The molecule has 2 aromatic rings. The summed E-state index contributed by atoms with van der Waals surface area (Å²) in [5.74, 6) is 2.29. The molecule has 0 N–H and O–H groups in total. The average molecular weight is 560 g/mol. The Bertz CT molecular complexity index is 1180. The van der Waals surface area contributed by atoms with Crippen LogP contribution in [0.4, 0.5) is 11.4 Å². The van der Waals surface area contributed by atoms with E-state index < -0.39 is 14.4 Å². The number of nitrogens with zero attached hydrogens (tertiary/aromatic N) is 1. The van der Waals surface area contributed by atoms with Crippen LogP contribution in [0.25, 0.3) is 0 Å². The zero-order valence-corrected chi connectivity index (χ0v) is 25.5. The van der Waals surface area contributed by atoms with Gasteiger partial charge in [-0.1, -0.05) is 20.8 Å². The van der Waals surface area contributed by atoms with Gasteiger partial charge in [-0.3, -0.25) is 0 Å². The van der Waals surface area contributed by atoms with E-state index in [0.29, 0.717) is 47.5 Å². The van der Waals surface area contributed by atoms with E-state index in [9.17, 15) is 4.79 Å². The number of methoxy groups -OCH3 is 3. The number of fused-ring (bicyclic) bond motifs is 2. The highest BCUT2D eigenvalue weighted by Crippen LogP contribution is 2.52. The molecule has 0 amide bonds. The zero-order chi connectivity index (χ0) is 28.5. The number of benzene rings is 2. The van der Waals surface area contributed by atoms with Crippen LogP contribution >= 0.6 is 0 Å². The molecule has 4 rings (SSSR count). The van der Waals surface area contributed by atoms with Crippen molar-refractivity contribution in [3.8, 4) is 28.7 Å². The van der Waals surface area contributed by atoms with E-state index in [1.54, 1.807) is 33.5 Å². The van der Waals surface area contributed by atoms with Crippen LogP contribution in [-0.4, -0.2) is 61.7 Å². The predicted molar refractivity (Wildman–Crippen MR) is 152 cm³/mol. The predicted octanol–water partition coefficient (Wildman–Crippen LogP) is 5.71. The minimum atomic E-state index is -2.11. The molecule has 10 heteroatoms. The summed E-state index contributed by atoms with van der Waals surface area (Å²) in [6.45, 7) is 13.7. The topological polar surface area (TPSA) is 84.9 Å². The minimum Gasteiger partial charge on any atom is -0.496 e. The number of carbonyl (C=O) groups is 1. The van der Waals surface area contributed by atoms with Crippen molar-refractivity contribution in [3.05, 3.63) is 29.8 Å². The first-order chi connectivity index (χ1) is 18.4.